The number of nitrogens with zero attached hydrogens (tertiary/aromatic N) is 3. The molecule has 1 saturated heterocycles. The van der Waals surface area contributed by atoms with Crippen LogP contribution in [-0.4, -0.2) is 72.5 Å². The van der Waals surface area contributed by atoms with Crippen LogP contribution in [0.3, 0.4) is 0 Å². The lowest BCUT2D eigenvalue weighted by Crippen LogP contribution is -2.38. The molecular formula is C25H30ClN5O3S. The first-order valence-corrected chi connectivity index (χ1v) is 12.9. The Hall–Kier alpha value is -2.59. The van der Waals surface area contributed by atoms with E-state index in [1.807, 2.05) is 48.5 Å². The van der Waals surface area contributed by atoms with E-state index in [1.165, 1.54) is 11.8 Å². The van der Waals surface area contributed by atoms with Crippen LogP contribution in [0.5, 0.6) is 5.75 Å². The summed E-state index contributed by atoms with van der Waals surface area (Å²) in [5.41, 5.74) is 1.91. The standard InChI is InChI=1S/C25H30ClN5O3S/c1-33-21-9-5-18(6-10-21)22(17-23(32)27-11-2-12-31-13-15-34-16-14-31)35-25-28-24(29-30-25)19-3-7-20(26)8-4-19/h3-10,22H,2,11-17H2,1H3,(H,27,32)(H,28,29,30). The van der Waals surface area contributed by atoms with E-state index >= 15 is 0 Å². The molecule has 0 saturated carbocycles. The first-order valence-electron chi connectivity index (χ1n) is 11.7. The first kappa shape index (κ1) is 25.5. The second-order valence-electron chi connectivity index (χ2n) is 8.21. The fourth-order valence-corrected chi connectivity index (χ4v) is 4.96. The zero-order chi connectivity index (χ0) is 24.5. The third-order valence-electron chi connectivity index (χ3n) is 5.77. The van der Waals surface area contributed by atoms with E-state index in [2.05, 4.69) is 25.4 Å². The Morgan fingerprint density at radius 3 is 2.66 bits per heavy atom. The summed E-state index contributed by atoms with van der Waals surface area (Å²) in [5, 5.41) is 11.5. The molecule has 1 aromatic heterocycles. The third-order valence-corrected chi connectivity index (χ3v) is 7.13. The number of morpholine rings is 1. The van der Waals surface area contributed by atoms with Crippen molar-refractivity contribution in [2.75, 3.05) is 46.5 Å². The summed E-state index contributed by atoms with van der Waals surface area (Å²) in [4.78, 5) is 19.8. The Morgan fingerprint density at radius 2 is 1.94 bits per heavy atom. The number of benzene rings is 2. The molecule has 4 rings (SSSR count). The molecule has 0 bridgehead atoms. The summed E-state index contributed by atoms with van der Waals surface area (Å²) in [6.45, 7) is 5.10. The van der Waals surface area contributed by atoms with Gasteiger partial charge in [0.2, 0.25) is 11.1 Å². The molecule has 1 amide bonds. The zero-order valence-corrected chi connectivity index (χ0v) is 21.3. The van der Waals surface area contributed by atoms with E-state index < -0.39 is 0 Å². The number of rotatable bonds is 11. The largest absolute Gasteiger partial charge is 0.497 e. The molecule has 35 heavy (non-hydrogen) atoms. The number of methoxy groups -OCH3 is 1. The third kappa shape index (κ3) is 7.70. The average Bonchev–Trinajstić information content (AvgIpc) is 3.36. The highest BCUT2D eigenvalue weighted by molar-refractivity contribution is 7.99. The quantitative estimate of drug-likeness (QED) is 0.292. The molecule has 10 heteroatoms. The van der Waals surface area contributed by atoms with Crippen LogP contribution in [0.25, 0.3) is 11.4 Å². The number of H-pyrrole nitrogens is 1. The van der Waals surface area contributed by atoms with E-state index in [9.17, 15) is 4.79 Å². The van der Waals surface area contributed by atoms with Crippen LogP contribution in [0.2, 0.25) is 5.02 Å². The van der Waals surface area contributed by atoms with Crippen molar-refractivity contribution in [1.82, 2.24) is 25.4 Å². The molecule has 186 valence electrons. The normalized spacial score (nSPS) is 15.0. The van der Waals surface area contributed by atoms with Crippen LogP contribution >= 0.6 is 23.4 Å². The summed E-state index contributed by atoms with van der Waals surface area (Å²) in [6, 6.07) is 15.2. The number of halogens is 1. The number of aromatic amines is 1. The van der Waals surface area contributed by atoms with E-state index in [0.717, 1.165) is 56.1 Å². The second-order valence-corrected chi connectivity index (χ2v) is 9.82. The van der Waals surface area contributed by atoms with Crippen molar-refractivity contribution in [3.05, 3.63) is 59.1 Å². The van der Waals surface area contributed by atoms with Crippen molar-refractivity contribution < 1.29 is 14.3 Å². The van der Waals surface area contributed by atoms with Gasteiger partial charge in [-0.2, -0.15) is 0 Å². The number of carbonyl (C=O) groups is 1. The summed E-state index contributed by atoms with van der Waals surface area (Å²) in [7, 11) is 1.64. The van der Waals surface area contributed by atoms with Gasteiger partial charge in [0.15, 0.2) is 5.82 Å². The van der Waals surface area contributed by atoms with E-state index in [4.69, 9.17) is 21.1 Å². The molecule has 1 atom stereocenters. The van der Waals surface area contributed by atoms with Gasteiger partial charge in [0, 0.05) is 41.9 Å². The SMILES string of the molecule is COc1ccc(C(CC(=O)NCCCN2CCOCC2)Sc2n[nH]c(-c3ccc(Cl)cc3)n2)cc1. The summed E-state index contributed by atoms with van der Waals surface area (Å²) >= 11 is 7.45. The topological polar surface area (TPSA) is 92.4 Å². The molecule has 8 nitrogen and oxygen atoms in total. The van der Waals surface area contributed by atoms with Gasteiger partial charge < -0.3 is 14.8 Å². The molecule has 3 aromatic rings. The predicted octanol–water partition coefficient (Wildman–Crippen LogP) is 4.20. The average molecular weight is 516 g/mol. The van der Waals surface area contributed by atoms with Gasteiger partial charge in [-0.15, -0.1) is 5.10 Å². The molecule has 2 N–H and O–H groups in total. The Bertz CT molecular complexity index is 1070. The van der Waals surface area contributed by atoms with Crippen molar-refractivity contribution in [3.8, 4) is 17.1 Å². The number of hydrogen-bond acceptors (Lipinski definition) is 7. The molecule has 2 heterocycles. The highest BCUT2D eigenvalue weighted by atomic mass is 35.5. The monoisotopic (exact) mass is 515 g/mol. The van der Waals surface area contributed by atoms with Crippen molar-refractivity contribution in [3.63, 3.8) is 0 Å². The van der Waals surface area contributed by atoms with Crippen LogP contribution in [0.4, 0.5) is 0 Å². The van der Waals surface area contributed by atoms with Crippen LogP contribution < -0.4 is 10.1 Å². The van der Waals surface area contributed by atoms with Crippen LogP contribution in [0, 0.1) is 0 Å². The van der Waals surface area contributed by atoms with E-state index in [-0.39, 0.29) is 11.2 Å². The molecule has 1 unspecified atom stereocenters. The van der Waals surface area contributed by atoms with Gasteiger partial charge in [0.05, 0.1) is 20.3 Å². The molecule has 1 aliphatic heterocycles. The minimum Gasteiger partial charge on any atom is -0.497 e. The molecule has 0 spiro atoms. The fraction of sp³-hybridized carbons (Fsp3) is 0.400. The van der Waals surface area contributed by atoms with Gasteiger partial charge in [-0.05, 0) is 54.9 Å². The van der Waals surface area contributed by atoms with E-state index in [0.29, 0.717) is 29.0 Å². The summed E-state index contributed by atoms with van der Waals surface area (Å²) in [6.07, 6.45) is 1.23. The molecular weight excluding hydrogens is 486 g/mol. The molecule has 0 aliphatic carbocycles. The first-order chi connectivity index (χ1) is 17.1. The zero-order valence-electron chi connectivity index (χ0n) is 19.7. The van der Waals surface area contributed by atoms with E-state index in [1.54, 1.807) is 7.11 Å². The minimum atomic E-state index is -0.144. The maximum absolute atomic E-state index is 12.8. The number of amides is 1. The maximum atomic E-state index is 12.8. The Labute approximate surface area is 214 Å². The van der Waals surface area contributed by atoms with Crippen molar-refractivity contribution in [1.29, 1.82) is 0 Å². The molecule has 1 fully saturated rings. The van der Waals surface area contributed by atoms with Crippen molar-refractivity contribution >= 4 is 29.3 Å². The number of ether oxygens (including phenoxy) is 2. The van der Waals surface area contributed by atoms with Gasteiger partial charge in [-0.3, -0.25) is 14.8 Å². The number of thioether (sulfide) groups is 1. The number of aromatic nitrogens is 3. The van der Waals surface area contributed by atoms with Crippen LogP contribution in [-0.2, 0) is 9.53 Å². The number of carbonyl (C=O) groups excluding carboxylic acids is 1. The fourth-order valence-electron chi connectivity index (χ4n) is 3.81. The second kappa shape index (κ2) is 12.9. The Balaban J connectivity index is 1.37. The summed E-state index contributed by atoms with van der Waals surface area (Å²) < 4.78 is 10.7. The molecule has 1 aliphatic rings. The van der Waals surface area contributed by atoms with Crippen LogP contribution in [0.1, 0.15) is 23.7 Å². The maximum Gasteiger partial charge on any atom is 0.221 e. The van der Waals surface area contributed by atoms with Gasteiger partial charge in [-0.1, -0.05) is 35.5 Å². The minimum absolute atomic E-state index is 0.00811. The van der Waals surface area contributed by atoms with Gasteiger partial charge >= 0.3 is 0 Å². The van der Waals surface area contributed by atoms with Crippen molar-refractivity contribution in [2.45, 2.75) is 23.2 Å². The van der Waals surface area contributed by atoms with Gasteiger partial charge in [0.1, 0.15) is 5.75 Å². The van der Waals surface area contributed by atoms with Crippen LogP contribution in [0.15, 0.2) is 53.7 Å². The summed E-state index contributed by atoms with van der Waals surface area (Å²) in [5.74, 6) is 1.44. The van der Waals surface area contributed by atoms with Gasteiger partial charge in [0.25, 0.3) is 0 Å². The highest BCUT2D eigenvalue weighted by Crippen LogP contribution is 2.37. The molecule has 2 aromatic carbocycles. The van der Waals surface area contributed by atoms with Crippen molar-refractivity contribution in [2.24, 2.45) is 0 Å². The smallest absolute Gasteiger partial charge is 0.221 e. The lowest BCUT2D eigenvalue weighted by molar-refractivity contribution is -0.121. The predicted molar refractivity (Wildman–Crippen MR) is 138 cm³/mol. The lowest BCUT2D eigenvalue weighted by Gasteiger charge is -2.26. The Morgan fingerprint density at radius 1 is 1.20 bits per heavy atom. The molecule has 0 radical (unpaired) electrons. The van der Waals surface area contributed by atoms with Gasteiger partial charge in [-0.25, -0.2) is 4.98 Å². The Kier molecular flexibility index (Phi) is 9.42. The number of nitrogens with one attached hydrogen (secondary N) is 2. The number of hydrogen-bond donors (Lipinski definition) is 2. The lowest BCUT2D eigenvalue weighted by atomic mass is 10.1. The highest BCUT2D eigenvalue weighted by Gasteiger charge is 2.20.